The molecule has 5 heteroatoms. The zero-order chi connectivity index (χ0) is 9.14. The van der Waals surface area contributed by atoms with Crippen molar-refractivity contribution in [2.24, 2.45) is 5.73 Å². The average molecular weight is 168 g/mol. The van der Waals surface area contributed by atoms with Crippen molar-refractivity contribution in [1.82, 2.24) is 0 Å². The lowest BCUT2D eigenvalue weighted by Gasteiger charge is -1.95. The Morgan fingerprint density at radius 1 is 1.75 bits per heavy atom. The first-order chi connectivity index (χ1) is 5.63. The molecular weight excluding hydrogens is 160 g/mol. The van der Waals surface area contributed by atoms with Crippen LogP contribution in [0.15, 0.2) is 28.5 Å². The molecule has 5 nitrogen and oxygen atoms in total. The average Bonchev–Trinajstić information content (AvgIpc) is 2.53. The summed E-state index contributed by atoms with van der Waals surface area (Å²) < 4.78 is 4.88. The molecule has 0 saturated carbocycles. The standard InChI is InChI=1S/C7H8N2O3/c1-5(9(10)11)7(8)6-3-2-4-12-6/h2-4H,8H2,1H3/b7-5-. The Labute approximate surface area is 68.6 Å². The van der Waals surface area contributed by atoms with Crippen molar-refractivity contribution in [3.8, 4) is 0 Å². The third-order valence-corrected chi connectivity index (χ3v) is 1.45. The van der Waals surface area contributed by atoms with Gasteiger partial charge in [-0.15, -0.1) is 0 Å². The SMILES string of the molecule is C/C(=C(/N)c1ccco1)[N+](=O)[O-]. The number of nitro groups is 1. The van der Waals surface area contributed by atoms with Crippen molar-refractivity contribution in [2.45, 2.75) is 6.92 Å². The van der Waals surface area contributed by atoms with Crippen molar-refractivity contribution in [2.75, 3.05) is 0 Å². The number of nitrogens with two attached hydrogens (primary N) is 1. The van der Waals surface area contributed by atoms with E-state index in [1.165, 1.54) is 13.2 Å². The van der Waals surface area contributed by atoms with Gasteiger partial charge in [0, 0.05) is 6.92 Å². The Bertz CT molecular complexity index is 313. The van der Waals surface area contributed by atoms with Crippen molar-refractivity contribution in [1.29, 1.82) is 0 Å². The predicted molar refractivity (Wildman–Crippen MR) is 42.5 cm³/mol. The minimum Gasteiger partial charge on any atom is -0.463 e. The van der Waals surface area contributed by atoms with Crippen LogP contribution < -0.4 is 5.73 Å². The molecule has 0 aromatic carbocycles. The van der Waals surface area contributed by atoms with Gasteiger partial charge in [0.15, 0.2) is 5.76 Å². The summed E-state index contributed by atoms with van der Waals surface area (Å²) in [4.78, 5) is 9.72. The van der Waals surface area contributed by atoms with E-state index in [0.717, 1.165) is 0 Å². The highest BCUT2D eigenvalue weighted by Crippen LogP contribution is 2.13. The van der Waals surface area contributed by atoms with Crippen LogP contribution in [-0.4, -0.2) is 4.92 Å². The molecule has 1 aromatic rings. The third-order valence-electron chi connectivity index (χ3n) is 1.45. The normalized spacial score (nSPS) is 12.4. The van der Waals surface area contributed by atoms with Gasteiger partial charge in [0.05, 0.1) is 11.2 Å². The fourth-order valence-electron chi connectivity index (χ4n) is 0.708. The van der Waals surface area contributed by atoms with E-state index in [-0.39, 0.29) is 11.4 Å². The summed E-state index contributed by atoms with van der Waals surface area (Å²) in [5, 5.41) is 10.3. The number of hydrogen-bond acceptors (Lipinski definition) is 4. The first-order valence-corrected chi connectivity index (χ1v) is 3.27. The molecule has 2 N–H and O–H groups in total. The van der Waals surface area contributed by atoms with E-state index in [1.807, 2.05) is 0 Å². The monoisotopic (exact) mass is 168 g/mol. The van der Waals surface area contributed by atoms with Gasteiger partial charge in [-0.05, 0) is 12.1 Å². The maximum Gasteiger partial charge on any atom is 0.269 e. The van der Waals surface area contributed by atoms with E-state index in [1.54, 1.807) is 12.1 Å². The molecule has 0 aliphatic carbocycles. The first kappa shape index (κ1) is 8.32. The summed E-state index contributed by atoms with van der Waals surface area (Å²) in [5.74, 6) is 0.323. The quantitative estimate of drug-likeness (QED) is 0.531. The molecular formula is C7H8N2O3. The van der Waals surface area contributed by atoms with Crippen LogP contribution in [0.1, 0.15) is 12.7 Å². The zero-order valence-corrected chi connectivity index (χ0v) is 6.48. The van der Waals surface area contributed by atoms with Crippen LogP contribution >= 0.6 is 0 Å². The van der Waals surface area contributed by atoms with E-state index in [0.29, 0.717) is 5.76 Å². The lowest BCUT2D eigenvalue weighted by Crippen LogP contribution is -2.05. The molecule has 0 spiro atoms. The van der Waals surface area contributed by atoms with E-state index in [4.69, 9.17) is 10.2 Å². The van der Waals surface area contributed by atoms with Crippen LogP contribution in [0.5, 0.6) is 0 Å². The maximum absolute atomic E-state index is 10.3. The van der Waals surface area contributed by atoms with Crippen molar-refractivity contribution < 1.29 is 9.34 Å². The van der Waals surface area contributed by atoms with Crippen molar-refractivity contribution in [3.63, 3.8) is 0 Å². The Kier molecular flexibility index (Phi) is 2.14. The first-order valence-electron chi connectivity index (χ1n) is 3.27. The Hall–Kier alpha value is -1.78. The Morgan fingerprint density at radius 2 is 2.42 bits per heavy atom. The van der Waals surface area contributed by atoms with E-state index >= 15 is 0 Å². The van der Waals surface area contributed by atoms with Crippen LogP contribution in [0, 0.1) is 10.1 Å². The van der Waals surface area contributed by atoms with Crippen LogP contribution in [-0.2, 0) is 0 Å². The molecule has 0 atom stereocenters. The lowest BCUT2D eigenvalue weighted by atomic mass is 10.3. The largest absolute Gasteiger partial charge is 0.463 e. The Balaban J connectivity index is 3.05. The molecule has 12 heavy (non-hydrogen) atoms. The summed E-state index contributed by atoms with van der Waals surface area (Å²) in [6.07, 6.45) is 1.41. The minimum absolute atomic E-state index is 0.0602. The van der Waals surface area contributed by atoms with Gasteiger partial charge in [-0.1, -0.05) is 0 Å². The van der Waals surface area contributed by atoms with Crippen molar-refractivity contribution in [3.05, 3.63) is 40.0 Å². The molecule has 0 aliphatic rings. The second kappa shape index (κ2) is 3.08. The Morgan fingerprint density at radius 3 is 2.83 bits per heavy atom. The molecule has 1 heterocycles. The minimum atomic E-state index is -0.544. The highest BCUT2D eigenvalue weighted by molar-refractivity contribution is 5.59. The topological polar surface area (TPSA) is 82.3 Å². The van der Waals surface area contributed by atoms with Gasteiger partial charge in [-0.3, -0.25) is 10.1 Å². The predicted octanol–water partition coefficient (Wildman–Crippen LogP) is 1.20. The van der Waals surface area contributed by atoms with Gasteiger partial charge in [0.2, 0.25) is 0 Å². The summed E-state index contributed by atoms with van der Waals surface area (Å²) in [6.45, 7) is 1.33. The molecule has 0 unspecified atom stereocenters. The molecule has 0 radical (unpaired) electrons. The van der Waals surface area contributed by atoms with E-state index in [9.17, 15) is 10.1 Å². The van der Waals surface area contributed by atoms with Crippen LogP contribution in [0.3, 0.4) is 0 Å². The zero-order valence-electron chi connectivity index (χ0n) is 6.48. The van der Waals surface area contributed by atoms with E-state index in [2.05, 4.69) is 0 Å². The van der Waals surface area contributed by atoms with Gasteiger partial charge in [0.1, 0.15) is 5.70 Å². The summed E-state index contributed by atoms with van der Waals surface area (Å²) in [7, 11) is 0. The maximum atomic E-state index is 10.3. The molecule has 0 fully saturated rings. The molecule has 1 aromatic heterocycles. The molecule has 0 bridgehead atoms. The number of furan rings is 1. The summed E-state index contributed by atoms with van der Waals surface area (Å²) in [5.41, 5.74) is 5.38. The van der Waals surface area contributed by atoms with Gasteiger partial charge in [-0.25, -0.2) is 0 Å². The molecule has 0 aliphatic heterocycles. The van der Waals surface area contributed by atoms with Gasteiger partial charge in [-0.2, -0.15) is 0 Å². The highest BCUT2D eigenvalue weighted by atomic mass is 16.6. The van der Waals surface area contributed by atoms with Gasteiger partial charge >= 0.3 is 0 Å². The van der Waals surface area contributed by atoms with Crippen LogP contribution in [0.25, 0.3) is 5.70 Å². The smallest absolute Gasteiger partial charge is 0.269 e. The molecule has 1 rings (SSSR count). The third kappa shape index (κ3) is 1.45. The van der Waals surface area contributed by atoms with E-state index < -0.39 is 4.92 Å². The van der Waals surface area contributed by atoms with Crippen LogP contribution in [0.2, 0.25) is 0 Å². The van der Waals surface area contributed by atoms with Gasteiger partial charge in [0.25, 0.3) is 5.70 Å². The fraction of sp³-hybridized carbons (Fsp3) is 0.143. The second-order valence-corrected chi connectivity index (χ2v) is 2.23. The number of nitrogens with zero attached hydrogens (tertiary/aromatic N) is 1. The number of allylic oxidation sites excluding steroid dienone is 1. The highest BCUT2D eigenvalue weighted by Gasteiger charge is 2.12. The van der Waals surface area contributed by atoms with Gasteiger partial charge < -0.3 is 10.2 Å². The van der Waals surface area contributed by atoms with Crippen LogP contribution in [0.4, 0.5) is 0 Å². The molecule has 64 valence electrons. The number of rotatable bonds is 2. The molecule has 0 amide bonds. The second-order valence-electron chi connectivity index (χ2n) is 2.23. The summed E-state index contributed by atoms with van der Waals surface area (Å²) >= 11 is 0. The summed E-state index contributed by atoms with van der Waals surface area (Å²) in [6, 6.07) is 3.19. The number of hydrogen-bond donors (Lipinski definition) is 1. The van der Waals surface area contributed by atoms with Crippen molar-refractivity contribution >= 4 is 5.70 Å². The lowest BCUT2D eigenvalue weighted by molar-refractivity contribution is -0.423. The fourth-order valence-corrected chi connectivity index (χ4v) is 0.708. The molecule has 0 saturated heterocycles.